The zero-order chi connectivity index (χ0) is 25.5. The van der Waals surface area contributed by atoms with Gasteiger partial charge in [0.05, 0.1) is 27.9 Å². The maximum Gasteiger partial charge on any atom is 0.380 e. The Morgan fingerprint density at radius 2 is 1.53 bits per heavy atom. The number of fused-ring (bicyclic) bond motifs is 1. The Labute approximate surface area is 198 Å². The highest BCUT2D eigenvalue weighted by Crippen LogP contribution is 2.40. The van der Waals surface area contributed by atoms with E-state index in [4.69, 9.17) is 28.3 Å². The van der Waals surface area contributed by atoms with Crippen LogP contribution in [-0.4, -0.2) is 47.1 Å². The van der Waals surface area contributed by atoms with E-state index in [2.05, 4.69) is 4.98 Å². The van der Waals surface area contributed by atoms with Crippen LogP contribution in [-0.2, 0) is 10.3 Å². The largest absolute Gasteiger partial charge is 0.493 e. The van der Waals surface area contributed by atoms with Crippen molar-refractivity contribution in [3.05, 3.63) is 47.8 Å². The number of methoxy groups -OCH3 is 3. The van der Waals surface area contributed by atoms with Crippen LogP contribution in [0.2, 0.25) is 0 Å². The number of aromatic nitrogens is 1. The second-order valence-corrected chi connectivity index (χ2v) is 7.58. The normalized spacial score (nSPS) is 10.7. The topological polar surface area (TPSA) is 136 Å². The molecule has 0 saturated heterocycles. The molecule has 0 spiro atoms. The molecule has 3 aromatic rings. The minimum absolute atomic E-state index is 0.146. The highest BCUT2D eigenvalue weighted by Gasteiger charge is 2.23. The zero-order valence-electron chi connectivity index (χ0n) is 19.9. The molecule has 0 bridgehead atoms. The molecular weight excluding hydrogens is 464 g/mol. The summed E-state index contributed by atoms with van der Waals surface area (Å²) in [5, 5.41) is 5.70. The standard InChI is InChI=1S/C21H22N2O8S.C2H6/c1-5-30-16-7-6-13-14(10-23-11-15(13)20(16)31-32(22,25)26)19(24)12-8-17(27-2)21(29-4)18(9-12)28-3;1-2/h6-11H,5H2,1-4H3,(H2,22,25,26);1-2H3. The molecule has 11 heteroatoms. The molecular formula is C23H28N2O8S. The molecule has 0 fully saturated rings. The Kier molecular flexibility index (Phi) is 9.04. The second-order valence-electron chi connectivity index (χ2n) is 6.43. The molecule has 1 heterocycles. The van der Waals surface area contributed by atoms with Crippen molar-refractivity contribution in [2.75, 3.05) is 27.9 Å². The van der Waals surface area contributed by atoms with Gasteiger partial charge in [0.1, 0.15) is 0 Å². The van der Waals surface area contributed by atoms with Gasteiger partial charge in [0.25, 0.3) is 0 Å². The van der Waals surface area contributed by atoms with Crippen LogP contribution in [0.1, 0.15) is 36.7 Å². The fourth-order valence-electron chi connectivity index (χ4n) is 3.22. The van der Waals surface area contributed by atoms with Crippen LogP contribution in [0.4, 0.5) is 0 Å². The van der Waals surface area contributed by atoms with Crippen molar-refractivity contribution in [3.63, 3.8) is 0 Å². The molecule has 0 amide bonds. The summed E-state index contributed by atoms with van der Waals surface area (Å²) in [6.45, 7) is 5.98. The number of carbonyl (C=O) groups is 1. The quantitative estimate of drug-likeness (QED) is 0.445. The van der Waals surface area contributed by atoms with E-state index in [1.165, 1.54) is 51.9 Å². The van der Waals surface area contributed by atoms with E-state index in [0.29, 0.717) is 22.6 Å². The van der Waals surface area contributed by atoms with Crippen LogP contribution < -0.4 is 28.3 Å². The molecule has 0 atom stereocenters. The van der Waals surface area contributed by atoms with Gasteiger partial charge >= 0.3 is 10.3 Å². The summed E-state index contributed by atoms with van der Waals surface area (Å²) in [5.41, 5.74) is 0.440. The first-order valence-electron chi connectivity index (χ1n) is 10.3. The molecule has 0 aliphatic heterocycles. The lowest BCUT2D eigenvalue weighted by molar-refractivity contribution is 0.103. The number of nitrogens with zero attached hydrogens (tertiary/aromatic N) is 1. The van der Waals surface area contributed by atoms with Crippen LogP contribution in [0.3, 0.4) is 0 Å². The van der Waals surface area contributed by atoms with Gasteiger partial charge in [-0.05, 0) is 36.6 Å². The van der Waals surface area contributed by atoms with Gasteiger partial charge < -0.3 is 23.1 Å². The zero-order valence-corrected chi connectivity index (χ0v) is 20.7. The number of benzene rings is 2. The van der Waals surface area contributed by atoms with Crippen molar-refractivity contribution in [1.29, 1.82) is 0 Å². The number of rotatable bonds is 9. The third kappa shape index (κ3) is 5.67. The van der Waals surface area contributed by atoms with Gasteiger partial charge in [-0.2, -0.15) is 13.6 Å². The van der Waals surface area contributed by atoms with E-state index in [1.54, 1.807) is 13.0 Å². The summed E-state index contributed by atoms with van der Waals surface area (Å²) in [7, 11) is -0.0190. The van der Waals surface area contributed by atoms with Crippen molar-refractivity contribution >= 4 is 26.9 Å². The lowest BCUT2D eigenvalue weighted by Crippen LogP contribution is -2.19. The Morgan fingerprint density at radius 3 is 2.03 bits per heavy atom. The molecule has 0 aliphatic rings. The molecule has 0 saturated carbocycles. The van der Waals surface area contributed by atoms with Crippen molar-refractivity contribution in [1.82, 2.24) is 4.98 Å². The third-order valence-electron chi connectivity index (χ3n) is 4.53. The molecule has 184 valence electrons. The maximum absolute atomic E-state index is 13.4. The van der Waals surface area contributed by atoms with Gasteiger partial charge in [-0.15, -0.1) is 0 Å². The van der Waals surface area contributed by atoms with E-state index in [1.807, 2.05) is 13.8 Å². The van der Waals surface area contributed by atoms with Crippen LogP contribution in [0.5, 0.6) is 28.7 Å². The fourth-order valence-corrected chi connectivity index (χ4v) is 3.62. The third-order valence-corrected chi connectivity index (χ3v) is 4.93. The lowest BCUT2D eigenvalue weighted by Gasteiger charge is -2.15. The number of pyridine rings is 1. The first kappa shape index (κ1) is 26.7. The van der Waals surface area contributed by atoms with E-state index < -0.39 is 16.1 Å². The highest BCUT2D eigenvalue weighted by molar-refractivity contribution is 7.84. The van der Waals surface area contributed by atoms with Crippen LogP contribution in [0, 0.1) is 0 Å². The summed E-state index contributed by atoms with van der Waals surface area (Å²) in [6, 6.07) is 6.14. The number of carbonyl (C=O) groups excluding carboxylic acids is 1. The van der Waals surface area contributed by atoms with Crippen LogP contribution in [0.15, 0.2) is 36.7 Å². The Hall–Kier alpha value is -3.57. The van der Waals surface area contributed by atoms with Gasteiger partial charge in [-0.3, -0.25) is 9.78 Å². The molecule has 3 rings (SSSR count). The number of ether oxygens (including phenoxy) is 4. The van der Waals surface area contributed by atoms with Gasteiger partial charge in [-0.1, -0.05) is 13.8 Å². The Bertz CT molecular complexity index is 1250. The molecule has 2 N–H and O–H groups in total. The predicted octanol–water partition coefficient (Wildman–Crippen LogP) is 3.50. The molecule has 10 nitrogen and oxygen atoms in total. The average Bonchev–Trinajstić information content (AvgIpc) is 2.84. The highest BCUT2D eigenvalue weighted by atomic mass is 32.2. The van der Waals surface area contributed by atoms with E-state index in [0.717, 1.165) is 0 Å². The summed E-state index contributed by atoms with van der Waals surface area (Å²) in [4.78, 5) is 17.5. The monoisotopic (exact) mass is 492 g/mol. The van der Waals surface area contributed by atoms with Crippen LogP contribution >= 0.6 is 0 Å². The number of nitrogens with two attached hydrogens (primary N) is 1. The maximum atomic E-state index is 13.4. The molecule has 1 aromatic heterocycles. The second kappa shape index (κ2) is 11.5. The number of hydrogen-bond donors (Lipinski definition) is 1. The Morgan fingerprint density at radius 1 is 0.912 bits per heavy atom. The summed E-state index contributed by atoms with van der Waals surface area (Å²) < 4.78 is 49.6. The summed E-state index contributed by atoms with van der Waals surface area (Å²) in [6.07, 6.45) is 2.74. The van der Waals surface area contributed by atoms with Gasteiger partial charge in [0, 0.05) is 28.9 Å². The predicted molar refractivity (Wildman–Crippen MR) is 128 cm³/mol. The van der Waals surface area contributed by atoms with Gasteiger partial charge in [-0.25, -0.2) is 0 Å². The minimum atomic E-state index is -4.36. The van der Waals surface area contributed by atoms with Gasteiger partial charge in [0.15, 0.2) is 28.8 Å². The molecule has 0 aliphatic carbocycles. The molecule has 0 unspecified atom stereocenters. The smallest absolute Gasteiger partial charge is 0.380 e. The van der Waals surface area contributed by atoms with Crippen molar-refractivity contribution < 1.29 is 36.3 Å². The number of ketones is 1. The van der Waals surface area contributed by atoms with Gasteiger partial charge in [0.2, 0.25) is 5.75 Å². The van der Waals surface area contributed by atoms with Crippen LogP contribution in [0.25, 0.3) is 10.8 Å². The van der Waals surface area contributed by atoms with E-state index in [-0.39, 0.29) is 34.6 Å². The minimum Gasteiger partial charge on any atom is -0.493 e. The summed E-state index contributed by atoms with van der Waals surface area (Å²) >= 11 is 0. The number of hydrogen-bond acceptors (Lipinski definition) is 9. The Balaban J connectivity index is 0.00000199. The van der Waals surface area contributed by atoms with E-state index in [9.17, 15) is 13.2 Å². The molecule has 0 radical (unpaired) electrons. The average molecular weight is 493 g/mol. The van der Waals surface area contributed by atoms with Crippen molar-refractivity contribution in [2.24, 2.45) is 5.14 Å². The SMILES string of the molecule is CC.CCOc1ccc2c(C(=O)c3cc(OC)c(OC)c(OC)c3)cncc2c1OS(N)(=O)=O. The van der Waals surface area contributed by atoms with Crippen molar-refractivity contribution in [3.8, 4) is 28.7 Å². The first-order valence-corrected chi connectivity index (χ1v) is 11.8. The first-order chi connectivity index (χ1) is 16.2. The molecule has 34 heavy (non-hydrogen) atoms. The lowest BCUT2D eigenvalue weighted by atomic mass is 9.98. The van der Waals surface area contributed by atoms with E-state index >= 15 is 0 Å². The fraction of sp³-hybridized carbons (Fsp3) is 0.304. The summed E-state index contributed by atoms with van der Waals surface area (Å²) in [5.74, 6) is 0.536. The van der Waals surface area contributed by atoms with Crippen molar-refractivity contribution in [2.45, 2.75) is 20.8 Å². The molecule has 2 aromatic carbocycles.